The van der Waals surface area contributed by atoms with E-state index >= 15 is 0 Å². The second-order valence-corrected chi connectivity index (χ2v) is 7.19. The fraction of sp³-hybridized carbons (Fsp3) is 0.143. The highest BCUT2D eigenvalue weighted by Crippen LogP contribution is 2.32. The van der Waals surface area contributed by atoms with Gasteiger partial charge in [0.25, 0.3) is 5.56 Å². The molecule has 6 nitrogen and oxygen atoms in total. The molecule has 1 aromatic heterocycles. The van der Waals surface area contributed by atoms with Crippen molar-refractivity contribution in [1.29, 1.82) is 5.26 Å². The van der Waals surface area contributed by atoms with Crippen molar-refractivity contribution < 1.29 is 5.11 Å². The molecular weight excluding hydrogens is 411 g/mol. The minimum atomic E-state index is -0.566. The zero-order valence-electron chi connectivity index (χ0n) is 15.6. The Kier molecular flexibility index (Phi) is 6.02. The molecule has 0 saturated carbocycles. The fourth-order valence-corrected chi connectivity index (χ4v) is 3.38. The van der Waals surface area contributed by atoms with Gasteiger partial charge in [-0.25, -0.2) is 0 Å². The van der Waals surface area contributed by atoms with E-state index in [0.29, 0.717) is 10.7 Å². The number of pyridine rings is 1. The predicted molar refractivity (Wildman–Crippen MR) is 113 cm³/mol. The van der Waals surface area contributed by atoms with Gasteiger partial charge in [0.1, 0.15) is 17.3 Å². The van der Waals surface area contributed by atoms with E-state index in [4.69, 9.17) is 23.2 Å². The first-order chi connectivity index (χ1) is 13.8. The van der Waals surface area contributed by atoms with Gasteiger partial charge < -0.3 is 5.11 Å². The molecule has 0 bridgehead atoms. The van der Waals surface area contributed by atoms with Crippen LogP contribution < -0.4 is 5.56 Å². The zero-order valence-corrected chi connectivity index (χ0v) is 17.1. The molecule has 2 aromatic carbocycles. The van der Waals surface area contributed by atoms with Crippen LogP contribution in [0.5, 0.6) is 5.88 Å². The second-order valence-electron chi connectivity index (χ2n) is 6.34. The molecule has 0 fully saturated rings. The van der Waals surface area contributed by atoms with Gasteiger partial charge in [-0.05, 0) is 37.6 Å². The van der Waals surface area contributed by atoms with E-state index in [1.165, 1.54) is 13.0 Å². The molecule has 1 unspecified atom stereocenters. The van der Waals surface area contributed by atoms with Crippen LogP contribution in [0.25, 0.3) is 0 Å². The summed E-state index contributed by atoms with van der Waals surface area (Å²) in [5.74, 6) is -0.408. The number of nitrogens with zero attached hydrogens (tertiary/aromatic N) is 4. The van der Waals surface area contributed by atoms with Crippen LogP contribution in [0, 0.1) is 18.3 Å². The lowest BCUT2D eigenvalue weighted by molar-refractivity contribution is 0.393. The smallest absolute Gasteiger partial charge is 0.282 e. The standard InChI is InChI=1S/C21H16Cl2N4O2/c1-12-16(11-24)20(28)27(13(2)14-6-4-3-5-7-14)21(29)19(12)26-25-18-9-8-15(22)10-17(18)23/h3-10,13,28H,1-2H3. The molecule has 0 spiro atoms. The molecule has 29 heavy (non-hydrogen) atoms. The first kappa shape index (κ1) is 20.6. The van der Waals surface area contributed by atoms with Crippen molar-refractivity contribution in [1.82, 2.24) is 4.57 Å². The van der Waals surface area contributed by atoms with Crippen molar-refractivity contribution >= 4 is 34.6 Å². The maximum absolute atomic E-state index is 13.1. The Morgan fingerprint density at radius 1 is 1.14 bits per heavy atom. The normalized spacial score (nSPS) is 12.1. The predicted octanol–water partition coefficient (Wildman–Crippen LogP) is 6.07. The first-order valence-electron chi connectivity index (χ1n) is 8.65. The first-order valence-corrected chi connectivity index (χ1v) is 9.40. The van der Waals surface area contributed by atoms with E-state index in [1.807, 2.05) is 36.4 Å². The van der Waals surface area contributed by atoms with Gasteiger partial charge in [-0.2, -0.15) is 5.26 Å². The quantitative estimate of drug-likeness (QED) is 0.513. The number of azo groups is 1. The van der Waals surface area contributed by atoms with E-state index < -0.39 is 17.5 Å². The van der Waals surface area contributed by atoms with E-state index in [2.05, 4.69) is 10.2 Å². The van der Waals surface area contributed by atoms with E-state index in [9.17, 15) is 15.2 Å². The van der Waals surface area contributed by atoms with Gasteiger partial charge in [0.15, 0.2) is 5.69 Å². The van der Waals surface area contributed by atoms with Gasteiger partial charge in [0.2, 0.25) is 5.88 Å². The lowest BCUT2D eigenvalue weighted by Gasteiger charge is -2.19. The lowest BCUT2D eigenvalue weighted by Crippen LogP contribution is -2.25. The highest BCUT2D eigenvalue weighted by Gasteiger charge is 2.23. The summed E-state index contributed by atoms with van der Waals surface area (Å²) in [6.07, 6.45) is 0. The topological polar surface area (TPSA) is 90.7 Å². The molecule has 0 radical (unpaired) electrons. The van der Waals surface area contributed by atoms with Crippen molar-refractivity contribution in [3.8, 4) is 11.9 Å². The Morgan fingerprint density at radius 2 is 1.83 bits per heavy atom. The summed E-state index contributed by atoms with van der Waals surface area (Å²) < 4.78 is 1.14. The van der Waals surface area contributed by atoms with Crippen molar-refractivity contribution in [2.24, 2.45) is 10.2 Å². The molecule has 0 saturated heterocycles. The molecule has 1 N–H and O–H groups in total. The number of halogens is 2. The molecule has 1 heterocycles. The van der Waals surface area contributed by atoms with Crippen molar-refractivity contribution in [2.45, 2.75) is 19.9 Å². The van der Waals surface area contributed by atoms with Crippen molar-refractivity contribution in [3.63, 3.8) is 0 Å². The van der Waals surface area contributed by atoms with Crippen LogP contribution in [0.1, 0.15) is 29.7 Å². The van der Waals surface area contributed by atoms with Crippen LogP contribution in [0.3, 0.4) is 0 Å². The third-order valence-corrected chi connectivity index (χ3v) is 5.09. The Morgan fingerprint density at radius 3 is 2.45 bits per heavy atom. The van der Waals surface area contributed by atoms with Crippen LogP contribution in [-0.4, -0.2) is 9.67 Å². The molecule has 0 aliphatic carbocycles. The van der Waals surface area contributed by atoms with Gasteiger partial charge in [0.05, 0.1) is 11.1 Å². The third kappa shape index (κ3) is 4.02. The molecule has 1 atom stereocenters. The van der Waals surface area contributed by atoms with E-state index in [0.717, 1.165) is 10.1 Å². The van der Waals surface area contributed by atoms with Crippen molar-refractivity contribution in [2.75, 3.05) is 0 Å². The van der Waals surface area contributed by atoms with E-state index in [1.54, 1.807) is 19.1 Å². The summed E-state index contributed by atoms with van der Waals surface area (Å²) in [5.41, 5.74) is 0.701. The van der Waals surface area contributed by atoms with Crippen LogP contribution in [-0.2, 0) is 0 Å². The number of nitriles is 1. The average molecular weight is 427 g/mol. The number of benzene rings is 2. The SMILES string of the molecule is Cc1c(C#N)c(O)n(C(C)c2ccccc2)c(=O)c1N=Nc1ccc(Cl)cc1Cl. The maximum atomic E-state index is 13.1. The highest BCUT2D eigenvalue weighted by atomic mass is 35.5. The summed E-state index contributed by atoms with van der Waals surface area (Å²) in [4.78, 5) is 13.1. The van der Waals surface area contributed by atoms with Gasteiger partial charge in [-0.1, -0.05) is 53.5 Å². The van der Waals surface area contributed by atoms with Crippen LogP contribution in [0.15, 0.2) is 63.6 Å². The molecule has 3 aromatic rings. The van der Waals surface area contributed by atoms with Gasteiger partial charge >= 0.3 is 0 Å². The molecule has 146 valence electrons. The third-order valence-electron chi connectivity index (χ3n) is 4.55. The molecule has 0 amide bonds. The summed E-state index contributed by atoms with van der Waals surface area (Å²) in [7, 11) is 0. The minimum Gasteiger partial charge on any atom is -0.493 e. The summed E-state index contributed by atoms with van der Waals surface area (Å²) in [5, 5.41) is 28.9. The monoisotopic (exact) mass is 426 g/mol. The Balaban J connectivity index is 2.19. The number of hydrogen-bond donors (Lipinski definition) is 1. The minimum absolute atomic E-state index is 0.0384. The Hall–Kier alpha value is -3.14. The average Bonchev–Trinajstić information content (AvgIpc) is 2.70. The summed E-state index contributed by atoms with van der Waals surface area (Å²) in [6, 6.07) is 15.3. The highest BCUT2D eigenvalue weighted by molar-refractivity contribution is 6.36. The lowest BCUT2D eigenvalue weighted by atomic mass is 10.1. The molecule has 0 aliphatic heterocycles. The van der Waals surface area contributed by atoms with Crippen LogP contribution in [0.2, 0.25) is 10.0 Å². The number of rotatable bonds is 4. The fourth-order valence-electron chi connectivity index (χ4n) is 2.94. The summed E-state index contributed by atoms with van der Waals surface area (Å²) >= 11 is 12.0. The number of aromatic hydroxyl groups is 1. The molecule has 8 heteroatoms. The molecule has 0 aliphatic rings. The Bertz CT molecular complexity index is 1200. The van der Waals surface area contributed by atoms with Crippen LogP contribution in [0.4, 0.5) is 11.4 Å². The van der Waals surface area contributed by atoms with Crippen LogP contribution >= 0.6 is 23.2 Å². The molecule has 3 rings (SSSR count). The largest absolute Gasteiger partial charge is 0.493 e. The van der Waals surface area contributed by atoms with Gasteiger partial charge in [-0.15, -0.1) is 10.2 Å². The zero-order chi connectivity index (χ0) is 21.1. The Labute approximate surface area is 177 Å². The number of hydrogen-bond acceptors (Lipinski definition) is 5. The maximum Gasteiger partial charge on any atom is 0.282 e. The van der Waals surface area contributed by atoms with Crippen molar-refractivity contribution in [3.05, 3.63) is 85.6 Å². The molecular formula is C21H16Cl2N4O2. The summed E-state index contributed by atoms with van der Waals surface area (Å²) in [6.45, 7) is 3.29. The van der Waals surface area contributed by atoms with Gasteiger partial charge in [-0.3, -0.25) is 9.36 Å². The van der Waals surface area contributed by atoms with E-state index in [-0.39, 0.29) is 21.8 Å². The second kappa shape index (κ2) is 8.48. The number of aromatic nitrogens is 1. The van der Waals surface area contributed by atoms with Gasteiger partial charge in [0, 0.05) is 10.6 Å².